The Morgan fingerprint density at radius 2 is 2.11 bits per heavy atom. The monoisotopic (exact) mass is 259 g/mol. The highest BCUT2D eigenvalue weighted by Crippen LogP contribution is 2.26. The van der Waals surface area contributed by atoms with Gasteiger partial charge in [0.1, 0.15) is 10.8 Å². The first-order valence-electron chi connectivity index (χ1n) is 5.47. The predicted octanol–water partition coefficient (Wildman–Crippen LogP) is 2.54. The third-order valence-electron chi connectivity index (χ3n) is 2.81. The van der Waals surface area contributed by atoms with Crippen LogP contribution in [0, 0.1) is 0 Å². The number of imidazole rings is 1. The van der Waals surface area contributed by atoms with Crippen LogP contribution in [0.25, 0.3) is 16.8 Å². The maximum absolute atomic E-state index is 9.24. The Kier molecular flexibility index (Phi) is 2.74. The van der Waals surface area contributed by atoms with E-state index >= 15 is 0 Å². The molecule has 3 aromatic heterocycles. The van der Waals surface area contributed by atoms with Crippen LogP contribution in [-0.4, -0.2) is 19.5 Å². The van der Waals surface area contributed by atoms with Gasteiger partial charge in [-0.15, -0.1) is 0 Å². The van der Waals surface area contributed by atoms with Gasteiger partial charge in [0, 0.05) is 23.5 Å². The van der Waals surface area contributed by atoms with Crippen molar-refractivity contribution >= 4 is 17.2 Å². The first-order chi connectivity index (χ1) is 8.79. The summed E-state index contributed by atoms with van der Waals surface area (Å²) in [4.78, 5) is 8.26. The van der Waals surface area contributed by atoms with E-state index in [0.717, 1.165) is 22.5 Å². The largest absolute Gasteiger partial charge is 0.390 e. The molecule has 0 saturated carbocycles. The third-order valence-corrected chi connectivity index (χ3v) is 3.12. The van der Waals surface area contributed by atoms with Crippen LogP contribution < -0.4 is 0 Å². The SMILES string of the molecule is OCc1cnc2ccc(-c3cccnc3Cl)cn12. The van der Waals surface area contributed by atoms with Crippen LogP contribution in [0.5, 0.6) is 0 Å². The highest BCUT2D eigenvalue weighted by Gasteiger charge is 2.07. The summed E-state index contributed by atoms with van der Waals surface area (Å²) < 4.78 is 1.85. The maximum Gasteiger partial charge on any atom is 0.136 e. The second-order valence-corrected chi connectivity index (χ2v) is 4.25. The Bertz CT molecular complexity index is 708. The fourth-order valence-corrected chi connectivity index (χ4v) is 2.14. The fourth-order valence-electron chi connectivity index (χ4n) is 1.91. The van der Waals surface area contributed by atoms with Gasteiger partial charge >= 0.3 is 0 Å². The van der Waals surface area contributed by atoms with E-state index in [1.165, 1.54) is 0 Å². The molecule has 0 aliphatic rings. The van der Waals surface area contributed by atoms with Crippen LogP contribution in [0.3, 0.4) is 0 Å². The molecule has 0 radical (unpaired) electrons. The number of aliphatic hydroxyl groups is 1. The smallest absolute Gasteiger partial charge is 0.136 e. The molecule has 0 saturated heterocycles. The van der Waals surface area contributed by atoms with Gasteiger partial charge in [-0.1, -0.05) is 11.6 Å². The Hall–Kier alpha value is -1.91. The standard InChI is InChI=1S/C13H10ClN3O/c14-13-11(2-1-5-15-13)9-3-4-12-16-6-10(8-18)17(12)7-9/h1-7,18H,8H2. The van der Waals surface area contributed by atoms with E-state index in [4.69, 9.17) is 11.6 Å². The normalized spacial score (nSPS) is 11.0. The average Bonchev–Trinajstić information content (AvgIpc) is 2.81. The second-order valence-electron chi connectivity index (χ2n) is 3.90. The number of hydrogen-bond donors (Lipinski definition) is 1. The van der Waals surface area contributed by atoms with Gasteiger partial charge < -0.3 is 9.51 Å². The minimum Gasteiger partial charge on any atom is -0.390 e. The van der Waals surface area contributed by atoms with Crippen LogP contribution in [0.2, 0.25) is 5.15 Å². The number of nitrogens with zero attached hydrogens (tertiary/aromatic N) is 3. The molecule has 0 aliphatic heterocycles. The maximum atomic E-state index is 9.24. The molecular weight excluding hydrogens is 250 g/mol. The number of halogens is 1. The van der Waals surface area contributed by atoms with Gasteiger partial charge in [-0.3, -0.25) is 0 Å². The van der Waals surface area contributed by atoms with Gasteiger partial charge in [-0.05, 0) is 24.3 Å². The Labute approximate surface area is 109 Å². The molecule has 0 unspecified atom stereocenters. The van der Waals surface area contributed by atoms with E-state index in [1.807, 2.05) is 34.9 Å². The molecular formula is C13H10ClN3O. The van der Waals surface area contributed by atoms with Crippen molar-refractivity contribution in [2.45, 2.75) is 6.61 Å². The molecule has 90 valence electrons. The van der Waals surface area contributed by atoms with E-state index in [0.29, 0.717) is 5.15 Å². The lowest BCUT2D eigenvalue weighted by atomic mass is 10.1. The molecule has 3 rings (SSSR count). The summed E-state index contributed by atoms with van der Waals surface area (Å²) in [7, 11) is 0. The van der Waals surface area contributed by atoms with Crippen LogP contribution in [-0.2, 0) is 6.61 Å². The highest BCUT2D eigenvalue weighted by atomic mass is 35.5. The van der Waals surface area contributed by atoms with Crippen LogP contribution >= 0.6 is 11.6 Å². The van der Waals surface area contributed by atoms with E-state index in [9.17, 15) is 5.11 Å². The van der Waals surface area contributed by atoms with E-state index in [-0.39, 0.29) is 6.61 Å². The number of aromatic nitrogens is 3. The molecule has 5 heteroatoms. The molecule has 0 aromatic carbocycles. The molecule has 0 atom stereocenters. The third kappa shape index (κ3) is 1.75. The summed E-state index contributed by atoms with van der Waals surface area (Å²) in [6.45, 7) is -0.0502. The molecule has 1 N–H and O–H groups in total. The molecule has 3 heterocycles. The van der Waals surface area contributed by atoms with Gasteiger partial charge in [-0.2, -0.15) is 0 Å². The molecule has 0 aliphatic carbocycles. The van der Waals surface area contributed by atoms with Gasteiger partial charge in [0.2, 0.25) is 0 Å². The Balaban J connectivity index is 2.21. The molecule has 4 nitrogen and oxygen atoms in total. The van der Waals surface area contributed by atoms with Crippen molar-refractivity contribution in [3.8, 4) is 11.1 Å². The van der Waals surface area contributed by atoms with Crippen LogP contribution in [0.1, 0.15) is 5.69 Å². The van der Waals surface area contributed by atoms with Crippen molar-refractivity contribution in [3.63, 3.8) is 0 Å². The highest BCUT2D eigenvalue weighted by molar-refractivity contribution is 6.32. The van der Waals surface area contributed by atoms with Gasteiger partial charge in [0.15, 0.2) is 0 Å². The van der Waals surface area contributed by atoms with Crippen LogP contribution in [0.4, 0.5) is 0 Å². The first kappa shape index (κ1) is 11.2. The Morgan fingerprint density at radius 1 is 1.22 bits per heavy atom. The number of rotatable bonds is 2. The number of pyridine rings is 2. The number of hydrogen-bond acceptors (Lipinski definition) is 3. The topological polar surface area (TPSA) is 50.4 Å². The zero-order chi connectivity index (χ0) is 12.5. The van der Waals surface area contributed by atoms with E-state index in [1.54, 1.807) is 12.4 Å². The predicted molar refractivity (Wildman–Crippen MR) is 69.4 cm³/mol. The summed E-state index contributed by atoms with van der Waals surface area (Å²) in [6, 6.07) is 7.57. The van der Waals surface area contributed by atoms with Crippen molar-refractivity contribution < 1.29 is 5.11 Å². The molecule has 0 bridgehead atoms. The molecule has 0 spiro atoms. The summed E-state index contributed by atoms with van der Waals surface area (Å²) in [6.07, 6.45) is 5.21. The van der Waals surface area contributed by atoms with Crippen LogP contribution in [0.15, 0.2) is 42.9 Å². The quantitative estimate of drug-likeness (QED) is 0.720. The zero-order valence-corrected chi connectivity index (χ0v) is 10.2. The minimum absolute atomic E-state index is 0.0502. The van der Waals surface area contributed by atoms with Gasteiger partial charge in [0.25, 0.3) is 0 Å². The molecule has 0 fully saturated rings. The average molecular weight is 260 g/mol. The summed E-state index contributed by atoms with van der Waals surface area (Å²) in [5.74, 6) is 0. The van der Waals surface area contributed by atoms with Crippen molar-refractivity contribution in [1.29, 1.82) is 0 Å². The first-order valence-corrected chi connectivity index (χ1v) is 5.85. The summed E-state index contributed by atoms with van der Waals surface area (Å²) in [5, 5.41) is 9.70. The van der Waals surface area contributed by atoms with Crippen molar-refractivity contribution in [1.82, 2.24) is 14.4 Å². The number of aliphatic hydroxyl groups excluding tert-OH is 1. The number of fused-ring (bicyclic) bond motifs is 1. The lowest BCUT2D eigenvalue weighted by Gasteiger charge is -2.05. The van der Waals surface area contributed by atoms with Gasteiger partial charge in [0.05, 0.1) is 18.5 Å². The lowest BCUT2D eigenvalue weighted by molar-refractivity contribution is 0.276. The summed E-state index contributed by atoms with van der Waals surface area (Å²) in [5.41, 5.74) is 3.33. The Morgan fingerprint density at radius 3 is 2.89 bits per heavy atom. The molecule has 3 aromatic rings. The molecule has 18 heavy (non-hydrogen) atoms. The van der Waals surface area contributed by atoms with Gasteiger partial charge in [-0.25, -0.2) is 9.97 Å². The summed E-state index contributed by atoms with van der Waals surface area (Å²) >= 11 is 6.07. The molecule has 0 amide bonds. The fraction of sp³-hybridized carbons (Fsp3) is 0.0769. The minimum atomic E-state index is -0.0502. The van der Waals surface area contributed by atoms with Crippen molar-refractivity contribution in [2.24, 2.45) is 0 Å². The van der Waals surface area contributed by atoms with Crippen molar-refractivity contribution in [3.05, 3.63) is 53.7 Å². The lowest BCUT2D eigenvalue weighted by Crippen LogP contribution is -1.93. The van der Waals surface area contributed by atoms with E-state index in [2.05, 4.69) is 9.97 Å². The van der Waals surface area contributed by atoms with E-state index < -0.39 is 0 Å². The van der Waals surface area contributed by atoms with Crippen molar-refractivity contribution in [2.75, 3.05) is 0 Å². The zero-order valence-electron chi connectivity index (χ0n) is 9.42. The second kappa shape index (κ2) is 4.40.